The zero-order valence-electron chi connectivity index (χ0n) is 11.8. The highest BCUT2D eigenvalue weighted by Crippen LogP contribution is 2.38. The van der Waals surface area contributed by atoms with E-state index in [1.807, 2.05) is 13.8 Å². The van der Waals surface area contributed by atoms with Gasteiger partial charge < -0.3 is 5.11 Å². The van der Waals surface area contributed by atoms with Gasteiger partial charge >= 0.3 is 0 Å². The van der Waals surface area contributed by atoms with Crippen LogP contribution in [0.2, 0.25) is 0 Å². The van der Waals surface area contributed by atoms with E-state index in [9.17, 15) is 15.2 Å². The van der Waals surface area contributed by atoms with Gasteiger partial charge in [-0.2, -0.15) is 0 Å². The largest absolute Gasteiger partial charge is 0.393 e. The number of fused-ring (bicyclic) bond motifs is 1. The molecule has 1 aromatic heterocycles. The summed E-state index contributed by atoms with van der Waals surface area (Å²) in [5.74, 6) is -0.178. The zero-order chi connectivity index (χ0) is 14.9. The standard InChI is InChI=1S/C15H18N2O3/c1-9(2)14(10(3)18)12-6-7-13-11(5-4-8-16-13)15(12)17(19)20/h4-10,14,18H,1-3H3. The lowest BCUT2D eigenvalue weighted by Gasteiger charge is -2.24. The average molecular weight is 274 g/mol. The third-order valence-electron chi connectivity index (χ3n) is 3.57. The summed E-state index contributed by atoms with van der Waals surface area (Å²) >= 11 is 0. The van der Waals surface area contributed by atoms with Gasteiger partial charge in [0.2, 0.25) is 0 Å². The van der Waals surface area contributed by atoms with Crippen LogP contribution >= 0.6 is 0 Å². The molecule has 0 bridgehead atoms. The van der Waals surface area contributed by atoms with E-state index in [2.05, 4.69) is 4.98 Å². The molecule has 0 spiro atoms. The molecule has 0 fully saturated rings. The lowest BCUT2D eigenvalue weighted by atomic mass is 9.83. The predicted octanol–water partition coefficient (Wildman–Crippen LogP) is 3.26. The Morgan fingerprint density at radius 2 is 1.95 bits per heavy atom. The molecule has 1 heterocycles. The summed E-state index contributed by atoms with van der Waals surface area (Å²) in [5, 5.41) is 22.0. The fourth-order valence-electron chi connectivity index (χ4n) is 2.80. The summed E-state index contributed by atoms with van der Waals surface area (Å²) < 4.78 is 0. The lowest BCUT2D eigenvalue weighted by Crippen LogP contribution is -2.21. The monoisotopic (exact) mass is 274 g/mol. The van der Waals surface area contributed by atoms with Crippen molar-refractivity contribution in [1.82, 2.24) is 4.98 Å². The number of aromatic nitrogens is 1. The second-order valence-corrected chi connectivity index (χ2v) is 5.34. The van der Waals surface area contributed by atoms with Gasteiger partial charge in [0.25, 0.3) is 5.69 Å². The van der Waals surface area contributed by atoms with Crippen molar-refractivity contribution in [3.63, 3.8) is 0 Å². The second-order valence-electron chi connectivity index (χ2n) is 5.34. The van der Waals surface area contributed by atoms with E-state index in [4.69, 9.17) is 0 Å². The number of rotatable bonds is 4. The van der Waals surface area contributed by atoms with Gasteiger partial charge in [-0.15, -0.1) is 0 Å². The van der Waals surface area contributed by atoms with Gasteiger partial charge in [-0.25, -0.2) is 0 Å². The Kier molecular flexibility index (Phi) is 3.99. The first-order chi connectivity index (χ1) is 9.43. The molecule has 1 N–H and O–H groups in total. The zero-order valence-corrected chi connectivity index (χ0v) is 11.8. The van der Waals surface area contributed by atoms with E-state index in [1.54, 1.807) is 37.4 Å². The van der Waals surface area contributed by atoms with Crippen molar-refractivity contribution in [3.05, 3.63) is 46.1 Å². The molecule has 20 heavy (non-hydrogen) atoms. The minimum atomic E-state index is -0.650. The average Bonchev–Trinajstić information content (AvgIpc) is 2.37. The summed E-state index contributed by atoms with van der Waals surface area (Å²) in [5.41, 5.74) is 1.21. The summed E-state index contributed by atoms with van der Waals surface area (Å²) in [4.78, 5) is 15.3. The minimum absolute atomic E-state index is 0.0511. The van der Waals surface area contributed by atoms with Gasteiger partial charge in [0.1, 0.15) is 0 Å². The van der Waals surface area contributed by atoms with E-state index in [0.717, 1.165) is 0 Å². The molecule has 0 aliphatic carbocycles. The number of hydrogen-bond acceptors (Lipinski definition) is 4. The Morgan fingerprint density at radius 1 is 1.25 bits per heavy atom. The highest BCUT2D eigenvalue weighted by Gasteiger charge is 2.30. The van der Waals surface area contributed by atoms with Crippen molar-refractivity contribution >= 4 is 16.6 Å². The highest BCUT2D eigenvalue weighted by atomic mass is 16.6. The van der Waals surface area contributed by atoms with Gasteiger partial charge in [-0.1, -0.05) is 13.8 Å². The maximum atomic E-state index is 11.5. The van der Waals surface area contributed by atoms with Crippen LogP contribution in [-0.4, -0.2) is 21.1 Å². The van der Waals surface area contributed by atoms with Crippen LogP contribution in [-0.2, 0) is 0 Å². The van der Waals surface area contributed by atoms with Gasteiger partial charge in [0.05, 0.1) is 21.9 Å². The molecule has 0 amide bonds. The van der Waals surface area contributed by atoms with E-state index >= 15 is 0 Å². The van der Waals surface area contributed by atoms with E-state index in [-0.39, 0.29) is 22.4 Å². The number of hydrogen-bond donors (Lipinski definition) is 1. The second kappa shape index (κ2) is 5.54. The molecule has 0 saturated heterocycles. The smallest absolute Gasteiger partial charge is 0.282 e. The Labute approximate surface area is 117 Å². The quantitative estimate of drug-likeness (QED) is 0.685. The predicted molar refractivity (Wildman–Crippen MR) is 77.7 cm³/mol. The third-order valence-corrected chi connectivity index (χ3v) is 3.57. The van der Waals surface area contributed by atoms with Crippen molar-refractivity contribution in [2.45, 2.75) is 32.8 Å². The van der Waals surface area contributed by atoms with E-state index in [1.165, 1.54) is 0 Å². The number of nitrogens with zero attached hydrogens (tertiary/aromatic N) is 2. The molecule has 2 atom stereocenters. The summed E-state index contributed by atoms with van der Waals surface area (Å²) in [7, 11) is 0. The topological polar surface area (TPSA) is 76.3 Å². The molecule has 0 aliphatic heterocycles. The minimum Gasteiger partial charge on any atom is -0.393 e. The number of aliphatic hydroxyl groups is 1. The Morgan fingerprint density at radius 3 is 2.50 bits per heavy atom. The van der Waals surface area contributed by atoms with Crippen molar-refractivity contribution in [3.8, 4) is 0 Å². The van der Waals surface area contributed by atoms with Gasteiger partial charge in [0.15, 0.2) is 0 Å². The first-order valence-electron chi connectivity index (χ1n) is 6.63. The molecule has 5 nitrogen and oxygen atoms in total. The molecule has 106 valence electrons. The van der Waals surface area contributed by atoms with Crippen molar-refractivity contribution in [1.29, 1.82) is 0 Å². The van der Waals surface area contributed by atoms with Gasteiger partial charge in [-0.3, -0.25) is 15.1 Å². The fraction of sp³-hybridized carbons (Fsp3) is 0.400. The van der Waals surface area contributed by atoms with E-state index < -0.39 is 6.10 Å². The molecule has 5 heteroatoms. The SMILES string of the molecule is CC(C)C(c1ccc2ncccc2c1[N+](=O)[O-])C(C)O. The number of nitro groups is 1. The fourth-order valence-corrected chi connectivity index (χ4v) is 2.80. The normalized spacial score (nSPS) is 14.4. The molecular formula is C15H18N2O3. The molecule has 1 aromatic carbocycles. The Balaban J connectivity index is 2.75. The Bertz CT molecular complexity index is 630. The molecular weight excluding hydrogens is 256 g/mol. The molecule has 0 aliphatic rings. The van der Waals surface area contributed by atoms with Crippen LogP contribution in [0.4, 0.5) is 5.69 Å². The molecule has 2 unspecified atom stereocenters. The maximum absolute atomic E-state index is 11.5. The molecule has 0 radical (unpaired) electrons. The molecule has 0 saturated carbocycles. The molecule has 2 aromatic rings. The first kappa shape index (κ1) is 14.4. The Hall–Kier alpha value is -2.01. The first-order valence-corrected chi connectivity index (χ1v) is 6.63. The van der Waals surface area contributed by atoms with Crippen molar-refractivity contribution in [2.75, 3.05) is 0 Å². The lowest BCUT2D eigenvalue weighted by molar-refractivity contribution is -0.384. The summed E-state index contributed by atoms with van der Waals surface area (Å²) in [6.07, 6.45) is 0.961. The van der Waals surface area contributed by atoms with Crippen LogP contribution in [0.15, 0.2) is 30.5 Å². The van der Waals surface area contributed by atoms with Crippen LogP contribution in [0.3, 0.4) is 0 Å². The van der Waals surface area contributed by atoms with Crippen molar-refractivity contribution in [2.24, 2.45) is 5.92 Å². The number of aliphatic hydroxyl groups excluding tert-OH is 1. The highest BCUT2D eigenvalue weighted by molar-refractivity contribution is 5.89. The van der Waals surface area contributed by atoms with Gasteiger partial charge in [-0.05, 0) is 37.1 Å². The van der Waals surface area contributed by atoms with Crippen LogP contribution in [0.25, 0.3) is 10.9 Å². The molecule has 2 rings (SSSR count). The van der Waals surface area contributed by atoms with E-state index in [0.29, 0.717) is 16.5 Å². The van der Waals surface area contributed by atoms with Gasteiger partial charge in [0, 0.05) is 17.7 Å². The van der Waals surface area contributed by atoms with Crippen LogP contribution < -0.4 is 0 Å². The van der Waals surface area contributed by atoms with Crippen LogP contribution in [0.5, 0.6) is 0 Å². The summed E-state index contributed by atoms with van der Waals surface area (Å²) in [6.45, 7) is 5.57. The number of benzene rings is 1. The van der Waals surface area contributed by atoms with Crippen molar-refractivity contribution < 1.29 is 10.0 Å². The van der Waals surface area contributed by atoms with Crippen LogP contribution in [0.1, 0.15) is 32.3 Å². The third kappa shape index (κ3) is 2.49. The maximum Gasteiger partial charge on any atom is 0.282 e. The number of pyridine rings is 1. The van der Waals surface area contributed by atoms with Crippen LogP contribution in [0, 0.1) is 16.0 Å². The number of nitro benzene ring substituents is 1. The summed E-state index contributed by atoms with van der Waals surface area (Å²) in [6, 6.07) is 6.87.